The van der Waals surface area contributed by atoms with Crippen LogP contribution in [0.15, 0.2) is 59.6 Å². The largest absolute Gasteiger partial charge is 0.354 e. The lowest BCUT2D eigenvalue weighted by molar-refractivity contribution is -0.384. The monoisotopic (exact) mass is 457 g/mol. The molecule has 4 rings (SSSR count). The Balaban J connectivity index is 1.49. The van der Waals surface area contributed by atoms with Gasteiger partial charge in [0.15, 0.2) is 0 Å². The zero-order valence-corrected chi connectivity index (χ0v) is 17.5. The van der Waals surface area contributed by atoms with Gasteiger partial charge in [-0.15, -0.1) is 0 Å². The molecule has 0 radical (unpaired) electrons. The number of anilines is 1. The summed E-state index contributed by atoms with van der Waals surface area (Å²) in [6, 6.07) is 11.9. The zero-order chi connectivity index (χ0) is 22.9. The van der Waals surface area contributed by atoms with Gasteiger partial charge in [0.25, 0.3) is 5.69 Å². The van der Waals surface area contributed by atoms with Crippen molar-refractivity contribution in [3.8, 4) is 0 Å². The fourth-order valence-corrected chi connectivity index (χ4v) is 4.94. The quantitative estimate of drug-likeness (QED) is 0.422. The average molecular weight is 457 g/mol. The predicted octanol–water partition coefficient (Wildman–Crippen LogP) is 1.31. The van der Waals surface area contributed by atoms with Crippen molar-refractivity contribution < 1.29 is 22.9 Å². The molecule has 0 bridgehead atoms. The number of amides is 2. The Morgan fingerprint density at radius 3 is 2.75 bits per heavy atom. The number of sulfonamides is 1. The van der Waals surface area contributed by atoms with Crippen molar-refractivity contribution in [3.63, 3.8) is 0 Å². The highest BCUT2D eigenvalue weighted by molar-refractivity contribution is 7.89. The van der Waals surface area contributed by atoms with Gasteiger partial charge in [-0.1, -0.05) is 6.07 Å². The highest BCUT2D eigenvalue weighted by Crippen LogP contribution is 2.23. The average Bonchev–Trinajstić information content (AvgIpc) is 3.15. The summed E-state index contributed by atoms with van der Waals surface area (Å²) in [5.41, 5.74) is 0.916. The highest BCUT2D eigenvalue weighted by Gasteiger charge is 2.29. The number of piperazine rings is 1. The lowest BCUT2D eigenvalue weighted by Gasteiger charge is -2.26. The first kappa shape index (κ1) is 21.5. The molecule has 1 aliphatic heterocycles. The number of benzene rings is 2. The van der Waals surface area contributed by atoms with Gasteiger partial charge in [0.05, 0.1) is 16.4 Å². The van der Waals surface area contributed by atoms with Crippen LogP contribution in [-0.2, 0) is 26.2 Å². The normalized spacial score (nSPS) is 14.8. The van der Waals surface area contributed by atoms with Gasteiger partial charge in [-0.2, -0.15) is 4.31 Å². The first-order valence-electron chi connectivity index (χ1n) is 9.64. The first-order valence-corrected chi connectivity index (χ1v) is 11.1. The molecule has 11 nitrogen and oxygen atoms in total. The Kier molecular flexibility index (Phi) is 5.63. The molecule has 2 amide bonds. The second-order valence-electron chi connectivity index (χ2n) is 7.21. The van der Waals surface area contributed by atoms with E-state index >= 15 is 0 Å². The fourth-order valence-electron chi connectivity index (χ4n) is 3.50. The Bertz CT molecular complexity index is 1330. The number of carbonyl (C=O) groups is 2. The van der Waals surface area contributed by atoms with Crippen molar-refractivity contribution in [1.29, 1.82) is 0 Å². The first-order chi connectivity index (χ1) is 15.2. The number of carbonyl (C=O) groups excluding carboxylic acids is 2. The third kappa shape index (κ3) is 4.31. The summed E-state index contributed by atoms with van der Waals surface area (Å²) in [7, 11) is -3.88. The number of hydrogen-bond donors (Lipinski definition) is 2. The Hall–Kier alpha value is -3.77. The van der Waals surface area contributed by atoms with Crippen LogP contribution in [0.5, 0.6) is 0 Å². The van der Waals surface area contributed by atoms with Crippen LogP contribution in [0.25, 0.3) is 10.9 Å². The van der Waals surface area contributed by atoms with Gasteiger partial charge in [0.1, 0.15) is 6.54 Å². The van der Waals surface area contributed by atoms with E-state index in [9.17, 15) is 28.1 Å². The topological polar surface area (TPSA) is 144 Å². The van der Waals surface area contributed by atoms with E-state index in [0.717, 1.165) is 4.31 Å². The van der Waals surface area contributed by atoms with Crippen LogP contribution in [0.4, 0.5) is 11.4 Å². The summed E-state index contributed by atoms with van der Waals surface area (Å²) in [6.07, 6.45) is 1.65. The van der Waals surface area contributed by atoms with E-state index in [2.05, 4.69) is 10.6 Å². The van der Waals surface area contributed by atoms with Gasteiger partial charge in [0, 0.05) is 48.0 Å². The maximum atomic E-state index is 12.8. The molecule has 166 valence electrons. The molecule has 2 aromatic carbocycles. The molecule has 0 spiro atoms. The standard InChI is InChI=1S/C20H19N5O6S/c26-19-13-24(9-7-21-19)32(30,31)17-3-1-2-15(11-17)22-20(27)12-23-8-6-14-10-16(25(28)29)4-5-18(14)23/h1-6,8,10-11H,7,9,12-13H2,(H,21,26)(H,22,27). The maximum Gasteiger partial charge on any atom is 0.270 e. The van der Waals surface area contributed by atoms with Crippen molar-refractivity contribution in [2.75, 3.05) is 25.0 Å². The number of fused-ring (bicyclic) bond motifs is 1. The van der Waals surface area contributed by atoms with Crippen molar-refractivity contribution >= 4 is 44.1 Å². The molecule has 2 N–H and O–H groups in total. The summed E-state index contributed by atoms with van der Waals surface area (Å²) >= 11 is 0. The minimum Gasteiger partial charge on any atom is -0.354 e. The maximum absolute atomic E-state index is 12.8. The molecule has 0 unspecified atom stereocenters. The van der Waals surface area contributed by atoms with Crippen LogP contribution in [0.3, 0.4) is 0 Å². The van der Waals surface area contributed by atoms with Gasteiger partial charge in [-0.05, 0) is 30.3 Å². The smallest absolute Gasteiger partial charge is 0.270 e. The van der Waals surface area contributed by atoms with Crippen LogP contribution < -0.4 is 10.6 Å². The second kappa shape index (κ2) is 8.40. The molecule has 12 heteroatoms. The van der Waals surface area contributed by atoms with E-state index in [-0.39, 0.29) is 42.7 Å². The van der Waals surface area contributed by atoms with Gasteiger partial charge >= 0.3 is 0 Å². The van der Waals surface area contributed by atoms with Crippen LogP contribution >= 0.6 is 0 Å². The van der Waals surface area contributed by atoms with Crippen LogP contribution in [0.1, 0.15) is 0 Å². The number of nitrogens with one attached hydrogen (secondary N) is 2. The summed E-state index contributed by atoms with van der Waals surface area (Å²) in [6.45, 7) is 0.0916. The summed E-state index contributed by atoms with van der Waals surface area (Å²) < 4.78 is 28.4. The summed E-state index contributed by atoms with van der Waals surface area (Å²) in [5.74, 6) is -0.763. The van der Waals surface area contributed by atoms with Gasteiger partial charge < -0.3 is 15.2 Å². The van der Waals surface area contributed by atoms with E-state index in [0.29, 0.717) is 16.6 Å². The van der Waals surface area contributed by atoms with Crippen LogP contribution in [0.2, 0.25) is 0 Å². The molecular weight excluding hydrogens is 438 g/mol. The number of rotatable bonds is 6. The molecule has 32 heavy (non-hydrogen) atoms. The Morgan fingerprint density at radius 2 is 2.00 bits per heavy atom. The van der Waals surface area contributed by atoms with Crippen molar-refractivity contribution in [2.45, 2.75) is 11.4 Å². The molecular formula is C20H19N5O6S. The highest BCUT2D eigenvalue weighted by atomic mass is 32.2. The zero-order valence-electron chi connectivity index (χ0n) is 16.7. The molecule has 3 aromatic rings. The third-order valence-electron chi connectivity index (χ3n) is 5.04. The van der Waals surface area contributed by atoms with E-state index in [1.165, 1.54) is 30.3 Å². The molecule has 1 aliphatic rings. The molecule has 1 aromatic heterocycles. The Morgan fingerprint density at radius 1 is 1.19 bits per heavy atom. The number of nitro groups is 1. The lowest BCUT2D eigenvalue weighted by Crippen LogP contribution is -2.49. The number of aromatic nitrogens is 1. The molecule has 0 saturated carbocycles. The summed E-state index contributed by atoms with van der Waals surface area (Å²) in [5, 5.41) is 16.8. The van der Waals surface area contributed by atoms with Gasteiger partial charge in [-0.25, -0.2) is 8.42 Å². The molecule has 1 fully saturated rings. The number of nitro benzene ring substituents is 1. The minimum absolute atomic E-state index is 0.0243. The fraction of sp³-hybridized carbons (Fsp3) is 0.200. The molecule has 0 atom stereocenters. The van der Waals surface area contributed by atoms with Crippen LogP contribution in [0, 0.1) is 10.1 Å². The lowest BCUT2D eigenvalue weighted by atomic mass is 10.2. The van der Waals surface area contributed by atoms with E-state index in [1.54, 1.807) is 29.0 Å². The Labute approximate surface area is 182 Å². The van der Waals surface area contributed by atoms with E-state index in [4.69, 9.17) is 0 Å². The van der Waals surface area contributed by atoms with Gasteiger partial charge in [-0.3, -0.25) is 19.7 Å². The van der Waals surface area contributed by atoms with Crippen LogP contribution in [-0.4, -0.2) is 53.7 Å². The predicted molar refractivity (Wildman–Crippen MR) is 115 cm³/mol. The summed E-state index contributed by atoms with van der Waals surface area (Å²) in [4.78, 5) is 34.5. The second-order valence-corrected chi connectivity index (χ2v) is 9.15. The minimum atomic E-state index is -3.88. The van der Waals surface area contributed by atoms with E-state index in [1.807, 2.05) is 0 Å². The van der Waals surface area contributed by atoms with Gasteiger partial charge in [0.2, 0.25) is 21.8 Å². The molecule has 2 heterocycles. The van der Waals surface area contributed by atoms with Crippen molar-refractivity contribution in [2.24, 2.45) is 0 Å². The molecule has 0 aliphatic carbocycles. The molecule has 1 saturated heterocycles. The SMILES string of the molecule is O=C1CN(S(=O)(=O)c2cccc(NC(=O)Cn3ccc4cc([N+](=O)[O-])ccc43)c2)CCN1. The van der Waals surface area contributed by atoms with Crippen molar-refractivity contribution in [3.05, 3.63) is 64.8 Å². The number of nitrogens with zero attached hydrogens (tertiary/aromatic N) is 3. The van der Waals surface area contributed by atoms with E-state index < -0.39 is 20.9 Å². The number of non-ortho nitro benzene ring substituents is 1. The van der Waals surface area contributed by atoms with Crippen molar-refractivity contribution in [1.82, 2.24) is 14.2 Å². The third-order valence-corrected chi connectivity index (χ3v) is 6.88. The number of hydrogen-bond acceptors (Lipinski definition) is 6.